The van der Waals surface area contributed by atoms with Crippen LogP contribution in [-0.2, 0) is 6.18 Å². The molecule has 3 aromatic rings. The van der Waals surface area contributed by atoms with Crippen LogP contribution < -0.4 is 16.4 Å². The van der Waals surface area contributed by atoms with Gasteiger partial charge >= 0.3 is 6.18 Å². The van der Waals surface area contributed by atoms with E-state index in [9.17, 15) is 18.0 Å². The number of hydrogen-bond acceptors (Lipinski definition) is 6. The summed E-state index contributed by atoms with van der Waals surface area (Å²) in [5.41, 5.74) is 6.26. The molecule has 1 fully saturated rings. The third-order valence-corrected chi connectivity index (χ3v) is 5.79. The zero-order chi connectivity index (χ0) is 23.8. The summed E-state index contributed by atoms with van der Waals surface area (Å²) >= 11 is 0. The van der Waals surface area contributed by atoms with Crippen molar-refractivity contribution >= 4 is 28.8 Å². The highest BCUT2D eigenvalue weighted by Crippen LogP contribution is 2.30. The number of nitrogens with one attached hydrogen (secondary N) is 3. The molecule has 0 radical (unpaired) electrons. The van der Waals surface area contributed by atoms with E-state index in [0.29, 0.717) is 24.2 Å². The minimum Gasteiger partial charge on any atom is -0.396 e. The molecule has 0 unspecified atom stereocenters. The van der Waals surface area contributed by atoms with Gasteiger partial charge in [-0.3, -0.25) is 14.2 Å². The maximum atomic E-state index is 13.0. The smallest absolute Gasteiger partial charge is 0.396 e. The Morgan fingerprint density at radius 2 is 1.88 bits per heavy atom. The van der Waals surface area contributed by atoms with E-state index in [1.807, 2.05) is 0 Å². The standard InChI is InChI=1S/C22H24F3N7O/c1-12(26)20-19(27)15(9-10-28-20)21(33)30-14-7-5-13(6-8-14)29-17-3-2-4-18-31-16(11-32(17)18)22(23,24)25/h2-4,9-11,13-14,26,29H,5-8,27H2,1H3,(H,30,33). The average molecular weight is 459 g/mol. The second-order valence-electron chi connectivity index (χ2n) is 8.18. The van der Waals surface area contributed by atoms with Crippen molar-refractivity contribution in [2.24, 2.45) is 0 Å². The van der Waals surface area contributed by atoms with Gasteiger partial charge < -0.3 is 21.8 Å². The molecule has 0 atom stereocenters. The molecule has 1 aliphatic rings. The number of fused-ring (bicyclic) bond motifs is 1. The Labute approximate surface area is 187 Å². The summed E-state index contributed by atoms with van der Waals surface area (Å²) in [5.74, 6) is 0.235. The van der Waals surface area contributed by atoms with Crippen LogP contribution in [0.2, 0.25) is 0 Å². The van der Waals surface area contributed by atoms with Crippen LogP contribution in [0, 0.1) is 5.41 Å². The van der Waals surface area contributed by atoms with Crippen LogP contribution in [0.5, 0.6) is 0 Å². The average Bonchev–Trinajstić information content (AvgIpc) is 3.21. The minimum absolute atomic E-state index is 0.0477. The highest BCUT2D eigenvalue weighted by atomic mass is 19.4. The van der Waals surface area contributed by atoms with Gasteiger partial charge in [0.1, 0.15) is 17.2 Å². The number of nitrogen functional groups attached to an aromatic ring is 1. The van der Waals surface area contributed by atoms with Crippen LogP contribution >= 0.6 is 0 Å². The second kappa shape index (κ2) is 8.72. The fourth-order valence-corrected chi connectivity index (χ4v) is 4.09. The van der Waals surface area contributed by atoms with E-state index < -0.39 is 11.9 Å². The van der Waals surface area contributed by atoms with Crippen molar-refractivity contribution in [3.05, 3.63) is 53.6 Å². The van der Waals surface area contributed by atoms with Gasteiger partial charge in [-0.1, -0.05) is 6.07 Å². The van der Waals surface area contributed by atoms with Crippen molar-refractivity contribution in [1.29, 1.82) is 5.41 Å². The van der Waals surface area contributed by atoms with Crippen molar-refractivity contribution in [3.8, 4) is 0 Å². The fourth-order valence-electron chi connectivity index (χ4n) is 4.09. The Morgan fingerprint density at radius 3 is 2.55 bits per heavy atom. The Hall–Kier alpha value is -3.63. The fraction of sp³-hybridized carbons (Fsp3) is 0.364. The summed E-state index contributed by atoms with van der Waals surface area (Å²) in [6.45, 7) is 1.56. The molecule has 11 heteroatoms. The zero-order valence-electron chi connectivity index (χ0n) is 17.9. The highest BCUT2D eigenvalue weighted by Gasteiger charge is 2.34. The van der Waals surface area contributed by atoms with Gasteiger partial charge in [-0.15, -0.1) is 0 Å². The largest absolute Gasteiger partial charge is 0.434 e. The molecule has 33 heavy (non-hydrogen) atoms. The second-order valence-corrected chi connectivity index (χ2v) is 8.18. The summed E-state index contributed by atoms with van der Waals surface area (Å²) in [5, 5.41) is 14.0. The number of rotatable bonds is 5. The predicted octanol–water partition coefficient (Wildman–Crippen LogP) is 3.87. The first-order valence-electron chi connectivity index (χ1n) is 10.6. The first-order valence-corrected chi connectivity index (χ1v) is 10.6. The van der Waals surface area contributed by atoms with E-state index in [1.54, 1.807) is 19.1 Å². The van der Waals surface area contributed by atoms with Crippen LogP contribution in [0.4, 0.5) is 24.7 Å². The third-order valence-electron chi connectivity index (χ3n) is 5.79. The molecule has 0 aromatic carbocycles. The number of nitrogens with zero attached hydrogens (tertiary/aromatic N) is 3. The van der Waals surface area contributed by atoms with Crippen molar-refractivity contribution in [3.63, 3.8) is 0 Å². The minimum atomic E-state index is -4.50. The lowest BCUT2D eigenvalue weighted by Gasteiger charge is -2.30. The molecule has 4 rings (SSSR count). The Morgan fingerprint density at radius 1 is 1.18 bits per heavy atom. The molecular formula is C22H24F3N7O. The molecular weight excluding hydrogens is 435 g/mol. The third kappa shape index (κ3) is 4.76. The number of pyridine rings is 2. The van der Waals surface area contributed by atoms with Gasteiger partial charge in [-0.2, -0.15) is 13.2 Å². The molecule has 5 N–H and O–H groups in total. The van der Waals surface area contributed by atoms with Crippen molar-refractivity contribution < 1.29 is 18.0 Å². The highest BCUT2D eigenvalue weighted by molar-refractivity contribution is 6.06. The maximum Gasteiger partial charge on any atom is 0.434 e. The number of amides is 1. The zero-order valence-corrected chi connectivity index (χ0v) is 17.9. The normalized spacial score (nSPS) is 18.8. The monoisotopic (exact) mass is 459 g/mol. The number of alkyl halides is 3. The SMILES string of the molecule is CC(=N)c1nccc(C(=O)NC2CCC(Nc3cccc4nc(C(F)(F)F)cn34)CC2)c1N. The number of carbonyl (C=O) groups is 1. The number of nitrogens with two attached hydrogens (primary N) is 1. The van der Waals surface area contributed by atoms with Gasteiger partial charge in [0.25, 0.3) is 5.91 Å². The predicted molar refractivity (Wildman–Crippen MR) is 118 cm³/mol. The lowest BCUT2D eigenvalue weighted by atomic mass is 9.91. The van der Waals surface area contributed by atoms with Gasteiger partial charge in [0.2, 0.25) is 0 Å². The van der Waals surface area contributed by atoms with Gasteiger partial charge in [0.15, 0.2) is 5.69 Å². The Balaban J connectivity index is 1.38. The Bertz CT molecular complexity index is 1200. The van der Waals surface area contributed by atoms with Crippen LogP contribution in [0.25, 0.3) is 5.65 Å². The number of hydrogen-bond donors (Lipinski definition) is 4. The van der Waals surface area contributed by atoms with E-state index in [0.717, 1.165) is 19.0 Å². The molecule has 0 spiro atoms. The first kappa shape index (κ1) is 22.6. The summed E-state index contributed by atoms with van der Waals surface area (Å²) in [4.78, 5) is 20.4. The lowest BCUT2D eigenvalue weighted by Crippen LogP contribution is -2.40. The van der Waals surface area contributed by atoms with Crippen molar-refractivity contribution in [1.82, 2.24) is 19.7 Å². The van der Waals surface area contributed by atoms with E-state index in [4.69, 9.17) is 11.1 Å². The molecule has 3 aromatic heterocycles. The van der Waals surface area contributed by atoms with Gasteiger partial charge in [-0.05, 0) is 50.8 Å². The van der Waals surface area contributed by atoms with Gasteiger partial charge in [0, 0.05) is 24.5 Å². The van der Waals surface area contributed by atoms with E-state index in [2.05, 4.69) is 20.6 Å². The Kier molecular flexibility index (Phi) is 5.96. The number of halogens is 3. The summed E-state index contributed by atoms with van der Waals surface area (Å²) in [6.07, 6.45) is 0.831. The van der Waals surface area contributed by atoms with Crippen LogP contribution in [0.3, 0.4) is 0 Å². The van der Waals surface area contributed by atoms with Gasteiger partial charge in [-0.25, -0.2) is 4.98 Å². The topological polar surface area (TPSA) is 121 Å². The van der Waals surface area contributed by atoms with Crippen LogP contribution in [0.1, 0.15) is 54.4 Å². The molecule has 1 amide bonds. The number of aromatic nitrogens is 3. The van der Waals surface area contributed by atoms with E-state index >= 15 is 0 Å². The molecule has 174 valence electrons. The maximum absolute atomic E-state index is 13.0. The molecule has 0 saturated heterocycles. The summed E-state index contributed by atoms with van der Waals surface area (Å²) in [6, 6.07) is 6.46. The lowest BCUT2D eigenvalue weighted by molar-refractivity contribution is -0.140. The number of anilines is 2. The van der Waals surface area contributed by atoms with Gasteiger partial charge in [0.05, 0.1) is 17.0 Å². The quantitative estimate of drug-likeness (QED) is 0.432. The van der Waals surface area contributed by atoms with Crippen LogP contribution in [0.15, 0.2) is 36.7 Å². The molecule has 0 bridgehead atoms. The molecule has 8 nitrogen and oxygen atoms in total. The van der Waals surface area contributed by atoms with Crippen molar-refractivity contribution in [2.75, 3.05) is 11.1 Å². The van der Waals surface area contributed by atoms with Crippen LogP contribution in [-0.4, -0.2) is 38.1 Å². The number of imidazole rings is 1. The number of carbonyl (C=O) groups excluding carboxylic acids is 1. The summed E-state index contributed by atoms with van der Waals surface area (Å²) in [7, 11) is 0. The molecule has 3 heterocycles. The van der Waals surface area contributed by atoms with E-state index in [-0.39, 0.29) is 40.7 Å². The van der Waals surface area contributed by atoms with Crippen molar-refractivity contribution in [2.45, 2.75) is 50.9 Å². The molecule has 1 saturated carbocycles. The molecule has 0 aliphatic heterocycles. The molecule has 1 aliphatic carbocycles. The first-order chi connectivity index (χ1) is 15.6. The summed E-state index contributed by atoms with van der Waals surface area (Å²) < 4.78 is 40.5. The van der Waals surface area contributed by atoms with E-state index in [1.165, 1.54) is 22.7 Å².